The number of hydrogen-bond donors (Lipinski definition) is 9. The first-order valence-electron chi connectivity index (χ1n) is 10.0. The van der Waals surface area contributed by atoms with Gasteiger partial charge in [0, 0.05) is 0 Å². The van der Waals surface area contributed by atoms with Gasteiger partial charge in [-0.1, -0.05) is 54.7 Å². The average molecular weight is 563 g/mol. The minimum Gasteiger partial charge on any atom is -0.450 e. The van der Waals surface area contributed by atoms with Gasteiger partial charge < -0.3 is 47.1 Å². The van der Waals surface area contributed by atoms with Crippen LogP contribution in [0.4, 0.5) is 0 Å². The van der Waals surface area contributed by atoms with E-state index in [0.717, 1.165) is 0 Å². The second-order valence-corrected chi connectivity index (χ2v) is 6.90. The zero-order valence-corrected chi connectivity index (χ0v) is 20.3. The molecule has 0 aromatic carbocycles. The third-order valence-corrected chi connectivity index (χ3v) is 4.17. The number of amides is 3. The quantitative estimate of drug-likeness (QED) is 0.0670. The van der Waals surface area contributed by atoms with Gasteiger partial charge in [0.05, 0.1) is 18.1 Å². The number of carbonyl (C=O) groups is 3. The Morgan fingerprint density at radius 1 is 0.649 bits per heavy atom. The molecular formula is C18H27FeN12O6. The molecule has 1 radical (unpaired) electrons. The van der Waals surface area contributed by atoms with Crippen molar-refractivity contribution in [2.75, 3.05) is 0 Å². The van der Waals surface area contributed by atoms with Crippen molar-refractivity contribution in [2.24, 2.45) is 17.2 Å². The SMILES string of the molecule is NC(Cc1c[n-]cn1)C(=O)NO.NC(Cc1c[n-]cn1)C(=O)NO.NC(Cc1c[n-]cn1)C(=O)NO.[Fe+3]. The Kier molecular flexibility index (Phi) is 16.7. The summed E-state index contributed by atoms with van der Waals surface area (Å²) in [5.41, 5.74) is 22.4. The second kappa shape index (κ2) is 18.6. The van der Waals surface area contributed by atoms with E-state index in [9.17, 15) is 14.4 Å². The molecule has 18 nitrogen and oxygen atoms in total. The van der Waals surface area contributed by atoms with Crippen molar-refractivity contribution >= 4 is 17.7 Å². The number of nitrogens with one attached hydrogen (secondary N) is 3. The summed E-state index contributed by atoms with van der Waals surface area (Å²) >= 11 is 0. The first-order chi connectivity index (χ1) is 17.2. The minimum atomic E-state index is -0.785. The molecule has 0 fully saturated rings. The Hall–Kier alpha value is -3.68. The summed E-state index contributed by atoms with van der Waals surface area (Å²) in [6.45, 7) is 0. The van der Waals surface area contributed by atoms with Crippen LogP contribution in [0.5, 0.6) is 0 Å². The van der Waals surface area contributed by atoms with Crippen LogP contribution >= 0.6 is 0 Å². The summed E-state index contributed by atoms with van der Waals surface area (Å²) in [6.07, 6.45) is 9.49. The number of imidazole rings is 3. The van der Waals surface area contributed by atoms with E-state index in [1.54, 1.807) is 0 Å². The maximum absolute atomic E-state index is 10.7. The first-order valence-corrected chi connectivity index (χ1v) is 10.0. The van der Waals surface area contributed by atoms with E-state index in [1.807, 2.05) is 0 Å². The Morgan fingerprint density at radius 3 is 1.05 bits per heavy atom. The van der Waals surface area contributed by atoms with E-state index in [4.69, 9.17) is 32.8 Å². The maximum atomic E-state index is 10.7. The van der Waals surface area contributed by atoms with Crippen LogP contribution in [-0.4, -0.2) is 66.4 Å². The normalized spacial score (nSPS) is 12.2. The molecule has 19 heteroatoms. The molecular weight excluding hydrogens is 536 g/mol. The molecule has 0 saturated carbocycles. The molecule has 3 rings (SSSR count). The van der Waals surface area contributed by atoms with Crippen LogP contribution in [0, 0.1) is 0 Å². The fraction of sp³-hybridized carbons (Fsp3) is 0.333. The molecule has 3 unspecified atom stereocenters. The smallest absolute Gasteiger partial charge is 0.450 e. The van der Waals surface area contributed by atoms with Crippen LogP contribution in [0.25, 0.3) is 0 Å². The molecule has 3 amide bonds. The Bertz CT molecular complexity index is 874. The molecule has 0 aliphatic heterocycles. The maximum Gasteiger partial charge on any atom is 3.00 e. The van der Waals surface area contributed by atoms with Gasteiger partial charge in [0.2, 0.25) is 0 Å². The van der Waals surface area contributed by atoms with Crippen molar-refractivity contribution in [3.63, 3.8) is 0 Å². The van der Waals surface area contributed by atoms with Gasteiger partial charge in [-0.15, -0.1) is 0 Å². The number of rotatable bonds is 9. The zero-order valence-electron chi connectivity index (χ0n) is 19.2. The van der Waals surface area contributed by atoms with E-state index in [0.29, 0.717) is 17.1 Å². The Labute approximate surface area is 220 Å². The van der Waals surface area contributed by atoms with E-state index in [-0.39, 0.29) is 36.3 Å². The van der Waals surface area contributed by atoms with E-state index in [1.165, 1.54) is 54.0 Å². The van der Waals surface area contributed by atoms with Gasteiger partial charge >= 0.3 is 17.1 Å². The predicted octanol–water partition coefficient (Wildman–Crippen LogP) is -4.76. The second-order valence-electron chi connectivity index (χ2n) is 6.90. The molecule has 0 saturated heterocycles. The van der Waals surface area contributed by atoms with Crippen LogP contribution in [-0.2, 0) is 50.7 Å². The van der Waals surface area contributed by atoms with Crippen molar-refractivity contribution in [1.82, 2.24) is 46.3 Å². The molecule has 3 aromatic rings. The molecule has 37 heavy (non-hydrogen) atoms. The van der Waals surface area contributed by atoms with Crippen molar-refractivity contribution < 1.29 is 47.1 Å². The van der Waals surface area contributed by atoms with Crippen LogP contribution in [0.15, 0.2) is 37.6 Å². The van der Waals surface area contributed by atoms with Gasteiger partial charge in [-0.3, -0.25) is 30.0 Å². The topological polar surface area (TPSA) is 307 Å². The van der Waals surface area contributed by atoms with Crippen molar-refractivity contribution in [1.29, 1.82) is 0 Å². The number of nitrogens with two attached hydrogens (primary N) is 3. The average Bonchev–Trinajstić information content (AvgIpc) is 3.68. The van der Waals surface area contributed by atoms with E-state index >= 15 is 0 Å². The molecule has 12 N–H and O–H groups in total. The first kappa shape index (κ1) is 33.3. The molecule has 0 aliphatic carbocycles. The van der Waals surface area contributed by atoms with Crippen molar-refractivity contribution in [2.45, 2.75) is 37.4 Å². The number of hydrogen-bond acceptors (Lipinski definition) is 12. The molecule has 0 bridgehead atoms. The molecule has 0 aliphatic rings. The Balaban J connectivity index is 0.000000518. The van der Waals surface area contributed by atoms with Gasteiger partial charge in [0.15, 0.2) is 0 Å². The monoisotopic (exact) mass is 563 g/mol. The molecule has 203 valence electrons. The third kappa shape index (κ3) is 13.3. The van der Waals surface area contributed by atoms with Gasteiger partial charge in [-0.05, 0) is 19.3 Å². The van der Waals surface area contributed by atoms with Crippen molar-refractivity contribution in [3.8, 4) is 0 Å². The number of hydroxylamine groups is 3. The van der Waals surface area contributed by atoms with Gasteiger partial charge in [0.1, 0.15) is 0 Å². The van der Waals surface area contributed by atoms with E-state index < -0.39 is 35.8 Å². The summed E-state index contributed by atoms with van der Waals surface area (Å²) in [6, 6.07) is -2.36. The molecule has 3 aromatic heterocycles. The summed E-state index contributed by atoms with van der Waals surface area (Å²) in [5.74, 6) is -1.88. The molecule has 3 atom stereocenters. The van der Waals surface area contributed by atoms with Crippen molar-refractivity contribution in [3.05, 3.63) is 54.7 Å². The number of carbonyl (C=O) groups excluding carboxylic acids is 3. The van der Waals surface area contributed by atoms with Gasteiger partial charge in [0.25, 0.3) is 17.7 Å². The molecule has 0 spiro atoms. The molecule has 3 heterocycles. The largest absolute Gasteiger partial charge is 3.00 e. The number of nitrogens with zero attached hydrogens (tertiary/aromatic N) is 6. The fourth-order valence-electron chi connectivity index (χ4n) is 2.30. The zero-order chi connectivity index (χ0) is 26.9. The summed E-state index contributed by atoms with van der Waals surface area (Å²) in [4.78, 5) is 54.7. The van der Waals surface area contributed by atoms with Crippen LogP contribution in [0.3, 0.4) is 0 Å². The van der Waals surface area contributed by atoms with Crippen LogP contribution in [0.1, 0.15) is 17.1 Å². The van der Waals surface area contributed by atoms with E-state index in [2.05, 4.69) is 29.9 Å². The van der Waals surface area contributed by atoms with Crippen LogP contribution < -0.4 is 48.6 Å². The van der Waals surface area contributed by atoms with Gasteiger partial charge in [-0.2, -0.15) is 0 Å². The summed E-state index contributed by atoms with van der Waals surface area (Å²) in [7, 11) is 0. The predicted molar refractivity (Wildman–Crippen MR) is 117 cm³/mol. The summed E-state index contributed by atoms with van der Waals surface area (Å²) < 4.78 is 0. The number of aromatic nitrogens is 6. The Morgan fingerprint density at radius 2 is 0.892 bits per heavy atom. The standard InChI is InChI=1S/3C6H10N4O2.Fe/c3*7-5(6(11)10-12)1-4-2-8-3-9-4;/h3*2-3,5H,1,7H2,(H3,8,9,10,11,12);/q;;;+3/p-3. The van der Waals surface area contributed by atoms with Gasteiger partial charge in [-0.25, -0.2) is 16.4 Å². The summed E-state index contributed by atoms with van der Waals surface area (Å²) in [5, 5.41) is 24.7. The fourth-order valence-corrected chi connectivity index (χ4v) is 2.30. The minimum absolute atomic E-state index is 0. The third-order valence-electron chi connectivity index (χ3n) is 4.17. The van der Waals surface area contributed by atoms with Crippen LogP contribution in [0.2, 0.25) is 0 Å².